The van der Waals surface area contributed by atoms with Crippen LogP contribution in [0.2, 0.25) is 0 Å². The second kappa shape index (κ2) is 7.64. The number of hydrogen-bond acceptors (Lipinski definition) is 2. The molecule has 35 heavy (non-hydrogen) atoms. The molecule has 5 aromatic carbocycles. The minimum atomic E-state index is 0.115. The lowest BCUT2D eigenvalue weighted by Gasteiger charge is -2.41. The second-order valence-corrected chi connectivity index (χ2v) is 9.50. The molecule has 0 N–H and O–H groups in total. The molecule has 0 bridgehead atoms. The molecular formula is C32H24BNO. The van der Waals surface area contributed by atoms with E-state index in [0.29, 0.717) is 0 Å². The Kier molecular flexibility index (Phi) is 4.40. The summed E-state index contributed by atoms with van der Waals surface area (Å²) >= 11 is 0. The van der Waals surface area contributed by atoms with E-state index in [2.05, 4.69) is 128 Å². The first-order valence-corrected chi connectivity index (χ1v) is 12.2. The van der Waals surface area contributed by atoms with Crippen LogP contribution in [0.4, 0.5) is 17.1 Å². The molecule has 2 aliphatic heterocycles. The molecule has 3 heteroatoms. The minimum Gasteiger partial charge on any atom is -0.458 e. The van der Waals surface area contributed by atoms with Crippen molar-refractivity contribution in [3.8, 4) is 22.6 Å². The van der Waals surface area contributed by atoms with Crippen molar-refractivity contribution in [1.82, 2.24) is 0 Å². The molecule has 166 valence electrons. The normalized spacial score (nSPS) is 13.0. The largest absolute Gasteiger partial charge is 0.458 e. The van der Waals surface area contributed by atoms with E-state index in [-0.39, 0.29) is 6.71 Å². The Bertz CT molecular complexity index is 1590. The molecule has 0 amide bonds. The van der Waals surface area contributed by atoms with Gasteiger partial charge >= 0.3 is 0 Å². The summed E-state index contributed by atoms with van der Waals surface area (Å²) in [5.41, 5.74) is 12.2. The molecule has 2 nitrogen and oxygen atoms in total. The maximum atomic E-state index is 6.84. The quantitative estimate of drug-likeness (QED) is 0.284. The maximum absolute atomic E-state index is 6.84. The standard InChI is InChI=1S/C32H24BNO/c1-21-19-22(2)30-29(20-21)35-32-25(23-11-5-3-6-12-23)17-18-28-31(32)33(30)26-15-9-10-16-27(26)34(28)24-13-7-4-8-14-24/h3-20H,1-2H3. The van der Waals surface area contributed by atoms with Gasteiger partial charge in [-0.15, -0.1) is 0 Å². The third-order valence-electron chi connectivity index (χ3n) is 7.28. The van der Waals surface area contributed by atoms with Gasteiger partial charge in [0.2, 0.25) is 0 Å². The number of para-hydroxylation sites is 2. The summed E-state index contributed by atoms with van der Waals surface area (Å²) in [5, 5.41) is 0. The average molecular weight is 449 g/mol. The number of nitrogens with zero attached hydrogens (tertiary/aromatic N) is 1. The van der Waals surface area contributed by atoms with E-state index < -0.39 is 0 Å². The molecule has 5 aromatic rings. The van der Waals surface area contributed by atoms with E-state index in [1.165, 1.54) is 44.5 Å². The van der Waals surface area contributed by atoms with Crippen LogP contribution in [0.5, 0.6) is 11.5 Å². The van der Waals surface area contributed by atoms with Crippen molar-refractivity contribution in [3.05, 3.63) is 120 Å². The third kappa shape index (κ3) is 2.98. The van der Waals surface area contributed by atoms with Crippen molar-refractivity contribution in [2.75, 3.05) is 4.90 Å². The zero-order valence-corrected chi connectivity index (χ0v) is 19.8. The SMILES string of the molecule is Cc1cc(C)c2c(c1)Oc1c(-c3ccccc3)ccc3c1B2c1ccccc1N3c1ccccc1. The molecule has 0 saturated heterocycles. The smallest absolute Gasteiger partial charge is 0.256 e. The molecule has 0 aliphatic carbocycles. The Morgan fingerprint density at radius 1 is 0.657 bits per heavy atom. The number of anilines is 3. The zero-order chi connectivity index (χ0) is 23.5. The molecule has 0 unspecified atom stereocenters. The second-order valence-electron chi connectivity index (χ2n) is 9.50. The van der Waals surface area contributed by atoms with Gasteiger partial charge in [-0.05, 0) is 77.8 Å². The maximum Gasteiger partial charge on any atom is 0.256 e. The third-order valence-corrected chi connectivity index (χ3v) is 7.28. The average Bonchev–Trinajstić information content (AvgIpc) is 2.89. The molecule has 0 atom stereocenters. The van der Waals surface area contributed by atoms with Crippen LogP contribution in [0.3, 0.4) is 0 Å². The number of fused-ring (bicyclic) bond motifs is 4. The van der Waals surface area contributed by atoms with Crippen molar-refractivity contribution >= 4 is 40.2 Å². The molecule has 0 aromatic heterocycles. The van der Waals surface area contributed by atoms with Crippen LogP contribution >= 0.6 is 0 Å². The fourth-order valence-electron chi connectivity index (χ4n) is 5.90. The van der Waals surface area contributed by atoms with E-state index >= 15 is 0 Å². The number of benzene rings is 5. The van der Waals surface area contributed by atoms with Crippen LogP contribution in [-0.4, -0.2) is 6.71 Å². The van der Waals surface area contributed by atoms with Crippen molar-refractivity contribution in [2.45, 2.75) is 13.8 Å². The Balaban J connectivity index is 1.60. The highest BCUT2D eigenvalue weighted by Crippen LogP contribution is 2.44. The first kappa shape index (κ1) is 20.2. The van der Waals surface area contributed by atoms with E-state index in [9.17, 15) is 0 Å². The lowest BCUT2D eigenvalue weighted by molar-refractivity contribution is 0.488. The molecule has 2 heterocycles. The lowest BCUT2D eigenvalue weighted by atomic mass is 9.33. The molecule has 2 aliphatic rings. The van der Waals surface area contributed by atoms with E-state index in [0.717, 1.165) is 22.7 Å². The summed E-state index contributed by atoms with van der Waals surface area (Å²) in [4.78, 5) is 2.39. The van der Waals surface area contributed by atoms with Crippen molar-refractivity contribution in [3.63, 3.8) is 0 Å². The van der Waals surface area contributed by atoms with Crippen LogP contribution in [0.25, 0.3) is 11.1 Å². The van der Waals surface area contributed by atoms with Gasteiger partial charge in [0.25, 0.3) is 6.71 Å². The first-order valence-electron chi connectivity index (χ1n) is 12.2. The Morgan fingerprint density at radius 3 is 2.17 bits per heavy atom. The highest BCUT2D eigenvalue weighted by Gasteiger charge is 2.43. The molecule has 0 radical (unpaired) electrons. The number of hydrogen-bond donors (Lipinski definition) is 0. The summed E-state index contributed by atoms with van der Waals surface area (Å²) in [7, 11) is 0. The van der Waals surface area contributed by atoms with Crippen LogP contribution in [0, 0.1) is 13.8 Å². The van der Waals surface area contributed by atoms with Gasteiger partial charge in [0.05, 0.1) is 0 Å². The van der Waals surface area contributed by atoms with Gasteiger partial charge in [-0.3, -0.25) is 0 Å². The molecule has 0 fully saturated rings. The van der Waals surface area contributed by atoms with Crippen molar-refractivity contribution in [1.29, 1.82) is 0 Å². The number of ether oxygens (including phenoxy) is 1. The van der Waals surface area contributed by atoms with E-state index in [1.807, 2.05) is 0 Å². The van der Waals surface area contributed by atoms with Crippen molar-refractivity contribution < 1.29 is 4.74 Å². The number of aryl methyl sites for hydroxylation is 2. The van der Waals surface area contributed by atoms with Gasteiger partial charge < -0.3 is 9.64 Å². The summed E-state index contributed by atoms with van der Waals surface area (Å²) in [6, 6.07) is 39.0. The van der Waals surface area contributed by atoms with Gasteiger partial charge in [0, 0.05) is 22.6 Å². The van der Waals surface area contributed by atoms with Gasteiger partial charge in [-0.1, -0.05) is 78.4 Å². The van der Waals surface area contributed by atoms with Gasteiger partial charge in [-0.25, -0.2) is 0 Å². The predicted molar refractivity (Wildman–Crippen MR) is 147 cm³/mol. The highest BCUT2D eigenvalue weighted by atomic mass is 16.5. The Hall–Kier alpha value is -4.24. The first-order chi connectivity index (χ1) is 17.2. The van der Waals surface area contributed by atoms with Gasteiger partial charge in [0.1, 0.15) is 11.5 Å². The monoisotopic (exact) mass is 449 g/mol. The fraction of sp³-hybridized carbons (Fsp3) is 0.0625. The number of rotatable bonds is 2. The lowest BCUT2D eigenvalue weighted by Crippen LogP contribution is -2.60. The van der Waals surface area contributed by atoms with E-state index in [1.54, 1.807) is 0 Å². The molecule has 0 spiro atoms. The van der Waals surface area contributed by atoms with Crippen LogP contribution < -0.4 is 26.0 Å². The van der Waals surface area contributed by atoms with Gasteiger partial charge in [0.15, 0.2) is 0 Å². The van der Waals surface area contributed by atoms with Crippen LogP contribution in [0.1, 0.15) is 11.1 Å². The zero-order valence-electron chi connectivity index (χ0n) is 19.8. The summed E-state index contributed by atoms with van der Waals surface area (Å²) in [6.07, 6.45) is 0. The summed E-state index contributed by atoms with van der Waals surface area (Å²) in [5.74, 6) is 1.93. The summed E-state index contributed by atoms with van der Waals surface area (Å²) in [6.45, 7) is 4.48. The predicted octanol–water partition coefficient (Wildman–Crippen LogP) is 6.38. The van der Waals surface area contributed by atoms with E-state index in [4.69, 9.17) is 4.74 Å². The highest BCUT2D eigenvalue weighted by molar-refractivity contribution is 6.99. The fourth-order valence-corrected chi connectivity index (χ4v) is 5.90. The van der Waals surface area contributed by atoms with Crippen molar-refractivity contribution in [2.24, 2.45) is 0 Å². The molecular weight excluding hydrogens is 425 g/mol. The summed E-state index contributed by atoms with van der Waals surface area (Å²) < 4.78 is 6.84. The Labute approximate surface area is 206 Å². The Morgan fingerprint density at radius 2 is 1.37 bits per heavy atom. The minimum absolute atomic E-state index is 0.115. The van der Waals surface area contributed by atoms with Crippen LogP contribution in [-0.2, 0) is 0 Å². The topological polar surface area (TPSA) is 12.5 Å². The molecule has 0 saturated carbocycles. The van der Waals surface area contributed by atoms with Crippen LogP contribution in [0.15, 0.2) is 109 Å². The van der Waals surface area contributed by atoms with Gasteiger partial charge in [-0.2, -0.15) is 0 Å². The molecule has 7 rings (SSSR count).